The molecule has 4 aromatic rings. The molecule has 0 amide bonds. The number of rotatable bonds is 11. The summed E-state index contributed by atoms with van der Waals surface area (Å²) in [6.45, 7) is 21.4. The molecule has 3 nitrogen and oxygen atoms in total. The quantitative estimate of drug-likeness (QED) is 0.103. The van der Waals surface area contributed by atoms with Crippen molar-refractivity contribution in [3.63, 3.8) is 0 Å². The molecule has 0 spiro atoms. The molecule has 1 aromatic heterocycles. The highest BCUT2D eigenvalue weighted by Crippen LogP contribution is 2.37. The average Bonchev–Trinajstić information content (AvgIpc) is 3.45. The Morgan fingerprint density at radius 3 is 1.86 bits per heavy atom. The van der Waals surface area contributed by atoms with Gasteiger partial charge in [0, 0.05) is 22.4 Å². The number of carbonyl (C=O) groups excluding carboxylic acids is 1. The van der Waals surface area contributed by atoms with Gasteiger partial charge in [-0.1, -0.05) is 154 Å². The van der Waals surface area contributed by atoms with E-state index in [1.54, 1.807) is 0 Å². The van der Waals surface area contributed by atoms with E-state index >= 15 is 0 Å². The minimum atomic E-state index is 0.00608. The zero-order valence-corrected chi connectivity index (χ0v) is 29.1. The first kappa shape index (κ1) is 38.6. The SMILES string of the molecule is C=C.CCCC.CCCCCCCC(C)C(=O)c1[nH]c2ccc(-c3ccc(C(C)(C)C)cc3)cc2c1-c1ccccc1.CN. The molecule has 1 heterocycles. The largest absolute Gasteiger partial charge is 0.352 e. The smallest absolute Gasteiger partial charge is 0.182 e. The van der Waals surface area contributed by atoms with Gasteiger partial charge in [0.2, 0.25) is 0 Å². The number of ketones is 1. The molecule has 0 saturated heterocycles. The minimum absolute atomic E-state index is 0.00608. The second-order valence-electron chi connectivity index (χ2n) is 12.3. The van der Waals surface area contributed by atoms with Crippen LogP contribution in [0.15, 0.2) is 86.0 Å². The molecule has 1 atom stereocenters. The number of nitrogens with two attached hydrogens (primary N) is 1. The number of hydrogen-bond acceptors (Lipinski definition) is 2. The first-order valence-corrected chi connectivity index (χ1v) is 16.6. The van der Waals surface area contributed by atoms with Gasteiger partial charge >= 0.3 is 0 Å². The first-order chi connectivity index (χ1) is 21.2. The first-order valence-electron chi connectivity index (χ1n) is 16.6. The van der Waals surface area contributed by atoms with Gasteiger partial charge in [-0.2, -0.15) is 0 Å². The summed E-state index contributed by atoms with van der Waals surface area (Å²) >= 11 is 0. The van der Waals surface area contributed by atoms with Gasteiger partial charge in [-0.3, -0.25) is 4.79 Å². The van der Waals surface area contributed by atoms with Crippen LogP contribution in [0.4, 0.5) is 0 Å². The van der Waals surface area contributed by atoms with E-state index in [-0.39, 0.29) is 17.1 Å². The normalized spacial score (nSPS) is 11.3. The minimum Gasteiger partial charge on any atom is -0.352 e. The number of aromatic nitrogens is 1. The van der Waals surface area contributed by atoms with Crippen LogP contribution in [0.5, 0.6) is 0 Å². The Morgan fingerprint density at radius 1 is 0.750 bits per heavy atom. The molecule has 3 N–H and O–H groups in total. The molecule has 0 aliphatic rings. The number of carbonyl (C=O) groups is 1. The third kappa shape index (κ3) is 11.2. The van der Waals surface area contributed by atoms with Crippen molar-refractivity contribution in [2.24, 2.45) is 11.7 Å². The van der Waals surface area contributed by atoms with Crippen molar-refractivity contribution in [1.82, 2.24) is 4.98 Å². The van der Waals surface area contributed by atoms with E-state index in [1.165, 1.54) is 62.3 Å². The highest BCUT2D eigenvalue weighted by Gasteiger charge is 2.23. The van der Waals surface area contributed by atoms with Gasteiger partial charge in [-0.15, -0.1) is 13.2 Å². The van der Waals surface area contributed by atoms with Crippen molar-refractivity contribution in [3.8, 4) is 22.3 Å². The Morgan fingerprint density at radius 2 is 1.32 bits per heavy atom. The van der Waals surface area contributed by atoms with Gasteiger partial charge in [-0.25, -0.2) is 0 Å². The lowest BCUT2D eigenvalue weighted by Gasteiger charge is -2.19. The van der Waals surface area contributed by atoms with Crippen LogP contribution in [0.25, 0.3) is 33.2 Å². The number of nitrogens with one attached hydrogen (secondary N) is 1. The number of benzene rings is 3. The van der Waals surface area contributed by atoms with Crippen molar-refractivity contribution >= 4 is 16.7 Å². The molecule has 0 radical (unpaired) electrons. The van der Waals surface area contributed by atoms with E-state index in [4.69, 9.17) is 0 Å². The van der Waals surface area contributed by atoms with Gasteiger partial charge in [-0.05, 0) is 53.3 Å². The summed E-state index contributed by atoms with van der Waals surface area (Å²) in [4.78, 5) is 17.2. The van der Waals surface area contributed by atoms with Gasteiger partial charge in [0.05, 0.1) is 5.69 Å². The molecule has 0 saturated carbocycles. The van der Waals surface area contributed by atoms with E-state index in [0.29, 0.717) is 0 Å². The summed E-state index contributed by atoms with van der Waals surface area (Å²) in [7, 11) is 1.50. The molecular weight excluding hydrogens is 536 g/mol. The lowest BCUT2D eigenvalue weighted by atomic mass is 9.86. The zero-order chi connectivity index (χ0) is 33.1. The molecule has 0 aliphatic heterocycles. The van der Waals surface area contributed by atoms with Crippen LogP contribution >= 0.6 is 0 Å². The lowest BCUT2D eigenvalue weighted by molar-refractivity contribution is 0.0918. The standard InChI is InChI=1S/C34H41NO.C4H10.C2H4.CH5N/c1-6-7-8-9-11-14-24(2)33(36)32-31(26-15-12-10-13-16-26)29-23-27(19-22-30(29)35-32)25-17-20-28(21-18-25)34(3,4)5;1-3-4-2;2*1-2/h10,12-13,15-24,35H,6-9,11,14H2,1-5H3;3-4H2,1-2H3;1-2H2;2H2,1H3. The monoisotopic (exact) mass is 596 g/mol. The topological polar surface area (TPSA) is 58.9 Å². The Kier molecular flexibility index (Phi) is 18.0. The maximum absolute atomic E-state index is 13.7. The van der Waals surface area contributed by atoms with Crippen LogP contribution in [0.2, 0.25) is 0 Å². The fourth-order valence-electron chi connectivity index (χ4n) is 5.06. The highest BCUT2D eigenvalue weighted by atomic mass is 16.1. The summed E-state index contributed by atoms with van der Waals surface area (Å²) < 4.78 is 0. The van der Waals surface area contributed by atoms with E-state index in [9.17, 15) is 4.79 Å². The predicted molar refractivity (Wildman–Crippen MR) is 197 cm³/mol. The number of aromatic amines is 1. The van der Waals surface area contributed by atoms with Crippen molar-refractivity contribution in [1.29, 1.82) is 0 Å². The molecular formula is C41H60N2O. The van der Waals surface area contributed by atoms with E-state index < -0.39 is 0 Å². The van der Waals surface area contributed by atoms with Crippen molar-refractivity contribution < 1.29 is 4.79 Å². The summed E-state index contributed by atoms with van der Waals surface area (Å²) in [5.74, 6) is 0.225. The van der Waals surface area contributed by atoms with E-state index in [0.717, 1.165) is 40.6 Å². The third-order valence-corrected chi connectivity index (χ3v) is 7.88. The van der Waals surface area contributed by atoms with Crippen molar-refractivity contribution in [3.05, 3.63) is 97.2 Å². The molecule has 3 aromatic carbocycles. The predicted octanol–water partition coefficient (Wildman–Crippen LogP) is 12.2. The zero-order valence-electron chi connectivity index (χ0n) is 29.1. The molecule has 44 heavy (non-hydrogen) atoms. The maximum Gasteiger partial charge on any atom is 0.182 e. The molecule has 240 valence electrons. The molecule has 0 aliphatic carbocycles. The number of H-pyrrole nitrogens is 1. The maximum atomic E-state index is 13.7. The average molecular weight is 597 g/mol. The number of fused-ring (bicyclic) bond motifs is 1. The van der Waals surface area contributed by atoms with Gasteiger partial charge in [0.1, 0.15) is 0 Å². The molecule has 0 fully saturated rings. The summed E-state index contributed by atoms with van der Waals surface area (Å²) in [5.41, 5.74) is 12.2. The Hall–Kier alpha value is -3.43. The lowest BCUT2D eigenvalue weighted by Crippen LogP contribution is -2.13. The van der Waals surface area contributed by atoms with Gasteiger partial charge in [0.25, 0.3) is 0 Å². The van der Waals surface area contributed by atoms with Crippen LogP contribution in [0.1, 0.15) is 116 Å². The summed E-state index contributed by atoms with van der Waals surface area (Å²) in [5, 5.41) is 1.11. The van der Waals surface area contributed by atoms with E-state index in [2.05, 4.69) is 139 Å². The Balaban J connectivity index is 0.00000110. The second-order valence-corrected chi connectivity index (χ2v) is 12.3. The Bertz CT molecular complexity index is 1340. The molecule has 3 heteroatoms. The number of hydrogen-bond donors (Lipinski definition) is 2. The molecule has 1 unspecified atom stereocenters. The molecule has 0 bridgehead atoms. The number of Topliss-reactive ketones (excluding diaryl/α,β-unsaturated/α-hetero) is 1. The van der Waals surface area contributed by atoms with Crippen molar-refractivity contribution in [2.75, 3.05) is 7.05 Å². The molecule has 4 rings (SSSR count). The van der Waals surface area contributed by atoms with Crippen LogP contribution < -0.4 is 5.73 Å². The van der Waals surface area contributed by atoms with Crippen LogP contribution in [-0.4, -0.2) is 17.8 Å². The Labute approximate surface area is 269 Å². The van der Waals surface area contributed by atoms with Crippen LogP contribution in [-0.2, 0) is 5.41 Å². The van der Waals surface area contributed by atoms with E-state index in [1.807, 2.05) is 6.07 Å². The summed E-state index contributed by atoms with van der Waals surface area (Å²) in [6, 6.07) is 25.8. The fraction of sp³-hybridized carbons (Fsp3) is 0.439. The van der Waals surface area contributed by atoms with Gasteiger partial charge in [0.15, 0.2) is 5.78 Å². The van der Waals surface area contributed by atoms with Crippen LogP contribution in [0, 0.1) is 5.92 Å². The fourth-order valence-corrected chi connectivity index (χ4v) is 5.06. The second kappa shape index (κ2) is 20.5. The highest BCUT2D eigenvalue weighted by molar-refractivity contribution is 6.11. The van der Waals surface area contributed by atoms with Crippen LogP contribution in [0.3, 0.4) is 0 Å². The van der Waals surface area contributed by atoms with Gasteiger partial charge < -0.3 is 10.7 Å². The van der Waals surface area contributed by atoms with Crippen molar-refractivity contribution in [2.45, 2.75) is 105 Å². The summed E-state index contributed by atoms with van der Waals surface area (Å²) in [6.07, 6.45) is 9.69. The number of unbranched alkanes of at least 4 members (excludes halogenated alkanes) is 5. The third-order valence-electron chi connectivity index (χ3n) is 7.88.